The number of nitrogens with zero attached hydrogens (tertiary/aromatic N) is 5. The van der Waals surface area contributed by atoms with E-state index in [2.05, 4.69) is 25.4 Å². The van der Waals surface area contributed by atoms with Gasteiger partial charge in [0.1, 0.15) is 16.5 Å². The molecule has 3 N–H and O–H groups in total. The van der Waals surface area contributed by atoms with Gasteiger partial charge in [0.2, 0.25) is 0 Å². The quantitative estimate of drug-likeness (QED) is 0.703. The second-order valence-electron chi connectivity index (χ2n) is 5.35. The third kappa shape index (κ3) is 4.19. The van der Waals surface area contributed by atoms with E-state index in [-0.39, 0.29) is 24.2 Å². The number of anilines is 1. The molecular weight excluding hydrogens is 362 g/mol. The van der Waals surface area contributed by atoms with Crippen LogP contribution in [0.4, 0.5) is 5.82 Å². The molecule has 0 saturated carbocycles. The minimum absolute atomic E-state index is 0. The Labute approximate surface area is 154 Å². The molecule has 0 aliphatic heterocycles. The molecule has 3 heterocycles. The van der Waals surface area contributed by atoms with Crippen molar-refractivity contribution in [2.24, 2.45) is 5.73 Å². The molecule has 132 valence electrons. The predicted molar refractivity (Wildman–Crippen MR) is 98.4 cm³/mol. The number of carbonyl (C=O) groups is 1. The van der Waals surface area contributed by atoms with Gasteiger partial charge in [0, 0.05) is 30.4 Å². The molecule has 0 spiro atoms. The Hall–Kier alpha value is -2.36. The standard InChI is InChI=1S/C15H17N7OS.ClH/c1-9(2)10-6-12(22(21-10)15-17-4-3-5-18-15)20-14(23)11-8-24-13(7-16)19-11;/h3-6,8-9H,7,16H2,1-2H3,(H,20,23);1H. The Morgan fingerprint density at radius 1 is 1.36 bits per heavy atom. The zero-order valence-corrected chi connectivity index (χ0v) is 15.3. The molecule has 0 fully saturated rings. The first-order valence-electron chi connectivity index (χ1n) is 7.41. The smallest absolute Gasteiger partial charge is 0.276 e. The number of nitrogens with one attached hydrogen (secondary N) is 1. The first-order valence-corrected chi connectivity index (χ1v) is 8.29. The average Bonchev–Trinajstić information content (AvgIpc) is 3.22. The van der Waals surface area contributed by atoms with Crippen molar-refractivity contribution in [3.63, 3.8) is 0 Å². The van der Waals surface area contributed by atoms with Gasteiger partial charge in [0.15, 0.2) is 0 Å². The summed E-state index contributed by atoms with van der Waals surface area (Å²) in [6.45, 7) is 4.36. The monoisotopic (exact) mass is 379 g/mol. The van der Waals surface area contributed by atoms with E-state index in [1.807, 2.05) is 19.9 Å². The van der Waals surface area contributed by atoms with E-state index in [1.54, 1.807) is 23.8 Å². The number of halogens is 1. The molecule has 0 aromatic carbocycles. The van der Waals surface area contributed by atoms with Crippen LogP contribution in [0.3, 0.4) is 0 Å². The predicted octanol–water partition coefficient (Wildman–Crippen LogP) is 2.38. The topological polar surface area (TPSA) is 112 Å². The number of thiazole rings is 1. The average molecular weight is 380 g/mol. The van der Waals surface area contributed by atoms with Gasteiger partial charge in [-0.2, -0.15) is 9.78 Å². The highest BCUT2D eigenvalue weighted by Gasteiger charge is 2.18. The zero-order valence-electron chi connectivity index (χ0n) is 13.7. The molecule has 0 saturated heterocycles. The van der Waals surface area contributed by atoms with Gasteiger partial charge in [0.05, 0.1) is 5.69 Å². The van der Waals surface area contributed by atoms with E-state index in [0.29, 0.717) is 29.0 Å². The lowest BCUT2D eigenvalue weighted by Gasteiger charge is -2.05. The maximum Gasteiger partial charge on any atom is 0.276 e. The normalized spacial score (nSPS) is 10.6. The van der Waals surface area contributed by atoms with Crippen molar-refractivity contribution >= 4 is 35.5 Å². The molecular formula is C15H18ClN7OS. The van der Waals surface area contributed by atoms with Crippen LogP contribution < -0.4 is 11.1 Å². The lowest BCUT2D eigenvalue weighted by Crippen LogP contribution is -2.16. The van der Waals surface area contributed by atoms with Crippen molar-refractivity contribution in [3.8, 4) is 5.95 Å². The Balaban J connectivity index is 0.00000225. The summed E-state index contributed by atoms with van der Waals surface area (Å²) in [6, 6.07) is 3.54. The summed E-state index contributed by atoms with van der Waals surface area (Å²) in [6.07, 6.45) is 3.25. The summed E-state index contributed by atoms with van der Waals surface area (Å²) in [5.41, 5.74) is 6.70. The van der Waals surface area contributed by atoms with Gasteiger partial charge in [-0.25, -0.2) is 15.0 Å². The van der Waals surface area contributed by atoms with Crippen LogP contribution in [-0.4, -0.2) is 30.6 Å². The molecule has 0 atom stereocenters. The Morgan fingerprint density at radius 2 is 2.08 bits per heavy atom. The fourth-order valence-corrected chi connectivity index (χ4v) is 2.67. The number of hydrogen-bond acceptors (Lipinski definition) is 7. The van der Waals surface area contributed by atoms with E-state index in [0.717, 1.165) is 5.69 Å². The SMILES string of the molecule is CC(C)c1cc(NC(=O)c2csc(CN)n2)n(-c2ncccn2)n1.Cl. The summed E-state index contributed by atoms with van der Waals surface area (Å²) in [5.74, 6) is 0.768. The van der Waals surface area contributed by atoms with Crippen LogP contribution >= 0.6 is 23.7 Å². The first-order chi connectivity index (χ1) is 11.6. The van der Waals surface area contributed by atoms with Gasteiger partial charge < -0.3 is 11.1 Å². The lowest BCUT2D eigenvalue weighted by molar-refractivity contribution is 0.102. The summed E-state index contributed by atoms with van der Waals surface area (Å²) in [4.78, 5) is 25.0. The third-order valence-electron chi connectivity index (χ3n) is 3.26. The molecule has 10 heteroatoms. The second kappa shape index (κ2) is 8.15. The van der Waals surface area contributed by atoms with Crippen molar-refractivity contribution in [1.29, 1.82) is 0 Å². The van der Waals surface area contributed by atoms with Crippen LogP contribution in [0.1, 0.15) is 41.0 Å². The fraction of sp³-hybridized carbons (Fsp3) is 0.267. The van der Waals surface area contributed by atoms with Crippen LogP contribution in [0.25, 0.3) is 5.95 Å². The van der Waals surface area contributed by atoms with E-state index in [1.165, 1.54) is 16.0 Å². The molecule has 0 aliphatic carbocycles. The molecule has 25 heavy (non-hydrogen) atoms. The molecule has 3 rings (SSSR count). The summed E-state index contributed by atoms with van der Waals surface area (Å²) in [7, 11) is 0. The van der Waals surface area contributed by atoms with E-state index < -0.39 is 0 Å². The van der Waals surface area contributed by atoms with Gasteiger partial charge in [-0.15, -0.1) is 23.7 Å². The van der Waals surface area contributed by atoms with Crippen molar-refractivity contribution in [1.82, 2.24) is 24.7 Å². The highest BCUT2D eigenvalue weighted by molar-refractivity contribution is 7.09. The Bertz CT molecular complexity index is 847. The van der Waals surface area contributed by atoms with Crippen molar-refractivity contribution in [3.05, 3.63) is 46.3 Å². The van der Waals surface area contributed by atoms with Crippen molar-refractivity contribution < 1.29 is 4.79 Å². The van der Waals surface area contributed by atoms with Gasteiger partial charge in [0.25, 0.3) is 11.9 Å². The van der Waals surface area contributed by atoms with Crippen LogP contribution in [0.2, 0.25) is 0 Å². The maximum atomic E-state index is 12.4. The minimum Gasteiger partial charge on any atom is -0.325 e. The Morgan fingerprint density at radius 3 is 2.68 bits per heavy atom. The number of amides is 1. The number of rotatable bonds is 5. The first kappa shape index (κ1) is 19.0. The van der Waals surface area contributed by atoms with Gasteiger partial charge >= 0.3 is 0 Å². The maximum absolute atomic E-state index is 12.4. The second-order valence-corrected chi connectivity index (χ2v) is 6.30. The molecule has 0 aliphatic rings. The van der Waals surface area contributed by atoms with Gasteiger partial charge in [-0.05, 0) is 12.0 Å². The minimum atomic E-state index is -0.321. The highest BCUT2D eigenvalue weighted by Crippen LogP contribution is 2.21. The molecule has 0 bridgehead atoms. The van der Waals surface area contributed by atoms with Crippen LogP contribution in [0.5, 0.6) is 0 Å². The Kier molecular flexibility index (Phi) is 6.18. The summed E-state index contributed by atoms with van der Waals surface area (Å²) < 4.78 is 1.52. The van der Waals surface area contributed by atoms with Crippen LogP contribution in [-0.2, 0) is 6.54 Å². The third-order valence-corrected chi connectivity index (χ3v) is 4.13. The molecule has 0 unspecified atom stereocenters. The molecule has 0 radical (unpaired) electrons. The molecule has 1 amide bonds. The van der Waals surface area contributed by atoms with Gasteiger partial charge in [-0.3, -0.25) is 4.79 Å². The molecule has 3 aromatic rings. The summed E-state index contributed by atoms with van der Waals surface area (Å²) >= 11 is 1.36. The molecule has 3 aromatic heterocycles. The van der Waals surface area contributed by atoms with E-state index >= 15 is 0 Å². The van der Waals surface area contributed by atoms with E-state index in [9.17, 15) is 4.79 Å². The largest absolute Gasteiger partial charge is 0.325 e. The van der Waals surface area contributed by atoms with Crippen LogP contribution in [0, 0.1) is 0 Å². The molecule has 8 nitrogen and oxygen atoms in total. The van der Waals surface area contributed by atoms with Crippen molar-refractivity contribution in [2.45, 2.75) is 26.3 Å². The van der Waals surface area contributed by atoms with E-state index in [4.69, 9.17) is 5.73 Å². The number of hydrogen-bond donors (Lipinski definition) is 2. The lowest BCUT2D eigenvalue weighted by atomic mass is 10.1. The number of carbonyl (C=O) groups excluding carboxylic acids is 1. The van der Waals surface area contributed by atoms with Crippen molar-refractivity contribution in [2.75, 3.05) is 5.32 Å². The number of aromatic nitrogens is 5. The van der Waals surface area contributed by atoms with Gasteiger partial charge in [-0.1, -0.05) is 13.8 Å². The fourth-order valence-electron chi connectivity index (χ4n) is 2.01. The summed E-state index contributed by atoms with van der Waals surface area (Å²) in [5, 5.41) is 9.70. The zero-order chi connectivity index (χ0) is 17.1. The highest BCUT2D eigenvalue weighted by atomic mass is 35.5. The van der Waals surface area contributed by atoms with Crippen LogP contribution in [0.15, 0.2) is 29.9 Å². The number of nitrogens with two attached hydrogens (primary N) is 1.